The molecule has 0 aromatic rings. The minimum absolute atomic E-state index is 0.795. The van der Waals surface area contributed by atoms with Crippen molar-refractivity contribution < 1.29 is 0 Å². The van der Waals surface area contributed by atoms with Crippen molar-refractivity contribution >= 4 is 0 Å². The Kier molecular flexibility index (Phi) is 2.13. The maximum Gasteiger partial charge on any atom is 0.0105 e. The molecule has 3 atom stereocenters. The highest BCUT2D eigenvalue weighted by molar-refractivity contribution is 4.90. The molecule has 0 N–H and O–H groups in total. The second-order valence-corrected chi connectivity index (χ2v) is 4.76. The maximum atomic E-state index is 2.53. The molecular weight excluding hydrogens is 148 g/mol. The summed E-state index contributed by atoms with van der Waals surface area (Å²) >= 11 is 0. The minimum Gasteiger partial charge on any atom is -0.306 e. The zero-order valence-electron chi connectivity index (χ0n) is 8.45. The van der Waals surface area contributed by atoms with Gasteiger partial charge in [0.1, 0.15) is 0 Å². The first-order chi connectivity index (χ1) is 5.66. The molecular formula is C10H20N2. The summed E-state index contributed by atoms with van der Waals surface area (Å²) in [5, 5.41) is 0. The van der Waals surface area contributed by atoms with E-state index in [1.165, 1.54) is 26.1 Å². The fourth-order valence-electron chi connectivity index (χ4n) is 2.91. The third kappa shape index (κ3) is 1.38. The molecule has 12 heavy (non-hydrogen) atoms. The summed E-state index contributed by atoms with van der Waals surface area (Å²) < 4.78 is 0. The van der Waals surface area contributed by atoms with E-state index in [1.807, 2.05) is 0 Å². The predicted molar refractivity (Wildman–Crippen MR) is 51.2 cm³/mol. The molecule has 2 saturated heterocycles. The lowest BCUT2D eigenvalue weighted by atomic mass is 9.80. The van der Waals surface area contributed by atoms with Crippen molar-refractivity contribution in [2.24, 2.45) is 11.8 Å². The fourth-order valence-corrected chi connectivity index (χ4v) is 2.91. The Balaban J connectivity index is 2.07. The van der Waals surface area contributed by atoms with E-state index in [0.29, 0.717) is 0 Å². The van der Waals surface area contributed by atoms with E-state index >= 15 is 0 Å². The lowest BCUT2D eigenvalue weighted by Gasteiger charge is -2.47. The molecule has 2 nitrogen and oxygen atoms in total. The van der Waals surface area contributed by atoms with E-state index in [-0.39, 0.29) is 0 Å². The second kappa shape index (κ2) is 3.00. The van der Waals surface area contributed by atoms with Crippen LogP contribution in [0.25, 0.3) is 0 Å². The summed E-state index contributed by atoms with van der Waals surface area (Å²) in [6.07, 6.45) is 1.47. The summed E-state index contributed by atoms with van der Waals surface area (Å²) in [7, 11) is 4.53. The van der Waals surface area contributed by atoms with Gasteiger partial charge in [-0.1, -0.05) is 0 Å². The van der Waals surface area contributed by atoms with Gasteiger partial charge in [0.15, 0.2) is 0 Å². The van der Waals surface area contributed by atoms with Crippen molar-refractivity contribution in [1.82, 2.24) is 9.80 Å². The largest absolute Gasteiger partial charge is 0.306 e. The quantitative estimate of drug-likeness (QED) is 0.530. The predicted octanol–water partition coefficient (Wildman–Crippen LogP) is 0.888. The average Bonchev–Trinajstić information content (AvgIpc) is 1.99. The molecule has 0 aromatic carbocycles. The average molecular weight is 168 g/mol. The van der Waals surface area contributed by atoms with Gasteiger partial charge in [0.25, 0.3) is 0 Å². The van der Waals surface area contributed by atoms with Crippen molar-refractivity contribution in [2.75, 3.05) is 33.7 Å². The van der Waals surface area contributed by atoms with Crippen LogP contribution in [-0.2, 0) is 0 Å². The van der Waals surface area contributed by atoms with Crippen LogP contribution >= 0.6 is 0 Å². The van der Waals surface area contributed by atoms with Crippen LogP contribution in [-0.4, -0.2) is 49.6 Å². The van der Waals surface area contributed by atoms with Gasteiger partial charge in [0.2, 0.25) is 0 Å². The molecule has 0 spiro atoms. The molecule has 2 aliphatic rings. The lowest BCUT2D eigenvalue weighted by molar-refractivity contribution is 0.0164. The molecule has 2 fully saturated rings. The summed E-state index contributed by atoms with van der Waals surface area (Å²) in [5.74, 6) is 1.86. The van der Waals surface area contributed by atoms with E-state index in [1.54, 1.807) is 0 Å². The Labute approximate surface area is 75.5 Å². The zero-order chi connectivity index (χ0) is 8.72. The van der Waals surface area contributed by atoms with E-state index in [9.17, 15) is 0 Å². The van der Waals surface area contributed by atoms with Crippen LogP contribution in [0.2, 0.25) is 0 Å². The van der Waals surface area contributed by atoms with E-state index in [4.69, 9.17) is 0 Å². The van der Waals surface area contributed by atoms with Crippen LogP contribution in [0.4, 0.5) is 0 Å². The molecule has 2 bridgehead atoms. The SMILES string of the molecule is C[C@H]1[C@@H]2CC(CN(C)C2)CN1C. The van der Waals surface area contributed by atoms with Gasteiger partial charge >= 0.3 is 0 Å². The number of fused-ring (bicyclic) bond motifs is 2. The maximum absolute atomic E-state index is 2.53. The normalized spacial score (nSPS) is 44.8. The third-order valence-corrected chi connectivity index (χ3v) is 3.68. The van der Waals surface area contributed by atoms with Crippen LogP contribution < -0.4 is 0 Å². The first kappa shape index (κ1) is 8.52. The highest BCUT2D eigenvalue weighted by atomic mass is 15.2. The van der Waals surface area contributed by atoms with E-state index < -0.39 is 0 Å². The van der Waals surface area contributed by atoms with E-state index in [2.05, 4.69) is 30.8 Å². The molecule has 2 heteroatoms. The molecule has 0 amide bonds. The monoisotopic (exact) mass is 168 g/mol. The van der Waals surface area contributed by atoms with Crippen molar-refractivity contribution in [3.05, 3.63) is 0 Å². The van der Waals surface area contributed by atoms with Gasteiger partial charge in [-0.25, -0.2) is 0 Å². The Morgan fingerprint density at radius 2 is 1.83 bits per heavy atom. The minimum atomic E-state index is 0.795. The molecule has 2 heterocycles. The summed E-state index contributed by atoms with van der Waals surface area (Å²) in [5.41, 5.74) is 0. The molecule has 70 valence electrons. The van der Waals surface area contributed by atoms with Crippen molar-refractivity contribution in [1.29, 1.82) is 0 Å². The van der Waals surface area contributed by atoms with Gasteiger partial charge in [-0.3, -0.25) is 0 Å². The van der Waals surface area contributed by atoms with Gasteiger partial charge in [-0.15, -0.1) is 0 Å². The Bertz CT molecular complexity index is 165. The van der Waals surface area contributed by atoms with E-state index in [0.717, 1.165) is 17.9 Å². The molecule has 2 rings (SSSR count). The highest BCUT2D eigenvalue weighted by Gasteiger charge is 2.35. The number of piperidine rings is 2. The second-order valence-electron chi connectivity index (χ2n) is 4.76. The fraction of sp³-hybridized carbons (Fsp3) is 1.00. The number of nitrogens with zero attached hydrogens (tertiary/aromatic N) is 2. The van der Waals surface area contributed by atoms with Gasteiger partial charge in [0.05, 0.1) is 0 Å². The zero-order valence-corrected chi connectivity index (χ0v) is 8.45. The Morgan fingerprint density at radius 3 is 2.58 bits per heavy atom. The highest BCUT2D eigenvalue weighted by Crippen LogP contribution is 2.31. The first-order valence-electron chi connectivity index (χ1n) is 5.05. The van der Waals surface area contributed by atoms with Crippen LogP contribution in [0.3, 0.4) is 0 Å². The number of hydrogen-bond donors (Lipinski definition) is 0. The Morgan fingerprint density at radius 1 is 1.08 bits per heavy atom. The summed E-state index contributed by atoms with van der Waals surface area (Å²) in [4.78, 5) is 5.04. The van der Waals surface area contributed by atoms with Crippen LogP contribution in [0, 0.1) is 11.8 Å². The summed E-state index contributed by atoms with van der Waals surface area (Å²) in [6.45, 7) is 6.30. The number of likely N-dealkylation sites (tertiary alicyclic amines) is 2. The summed E-state index contributed by atoms with van der Waals surface area (Å²) in [6, 6.07) is 0.795. The van der Waals surface area contributed by atoms with Crippen molar-refractivity contribution in [3.63, 3.8) is 0 Å². The van der Waals surface area contributed by atoms with Gasteiger partial charge < -0.3 is 9.80 Å². The topological polar surface area (TPSA) is 6.48 Å². The standard InChI is InChI=1S/C10H20N2/c1-8-10-4-9(6-12(8)3)5-11(2)7-10/h8-10H,4-7H2,1-3H3/t8-,9?,10+/m0/s1. The molecule has 0 saturated carbocycles. The molecule has 0 radical (unpaired) electrons. The smallest absolute Gasteiger partial charge is 0.0105 e. The lowest BCUT2D eigenvalue weighted by Crippen LogP contribution is -2.54. The molecule has 1 unspecified atom stereocenters. The van der Waals surface area contributed by atoms with Crippen LogP contribution in [0.15, 0.2) is 0 Å². The van der Waals surface area contributed by atoms with Crippen LogP contribution in [0.1, 0.15) is 13.3 Å². The molecule has 0 aromatic heterocycles. The third-order valence-electron chi connectivity index (χ3n) is 3.68. The first-order valence-corrected chi connectivity index (χ1v) is 5.05. The molecule has 0 aliphatic carbocycles. The van der Waals surface area contributed by atoms with Gasteiger partial charge in [-0.05, 0) is 39.3 Å². The van der Waals surface area contributed by atoms with Gasteiger partial charge in [0, 0.05) is 25.7 Å². The van der Waals surface area contributed by atoms with Crippen LogP contribution in [0.5, 0.6) is 0 Å². The Hall–Kier alpha value is -0.0800. The number of rotatable bonds is 0. The van der Waals surface area contributed by atoms with Crippen molar-refractivity contribution in [3.8, 4) is 0 Å². The van der Waals surface area contributed by atoms with Crippen molar-refractivity contribution in [2.45, 2.75) is 19.4 Å². The molecule has 2 aliphatic heterocycles. The van der Waals surface area contributed by atoms with Gasteiger partial charge in [-0.2, -0.15) is 0 Å². The number of hydrogen-bond acceptors (Lipinski definition) is 2.